The Bertz CT molecular complexity index is 843. The number of benzene rings is 2. The van der Waals surface area contributed by atoms with Crippen LogP contribution < -0.4 is 4.90 Å². The van der Waals surface area contributed by atoms with Gasteiger partial charge in [0.25, 0.3) is 0 Å². The first-order valence-electron chi connectivity index (χ1n) is 8.16. The number of hydrogen-bond acceptors (Lipinski definition) is 4. The fraction of sp³-hybridized carbons (Fsp3) is 0.263. The molecule has 0 unspecified atom stereocenters. The van der Waals surface area contributed by atoms with Gasteiger partial charge in [0.15, 0.2) is 11.0 Å². The van der Waals surface area contributed by atoms with Crippen molar-refractivity contribution in [2.24, 2.45) is 0 Å². The molecule has 2 aromatic carbocycles. The van der Waals surface area contributed by atoms with Crippen LogP contribution in [0.2, 0.25) is 0 Å². The van der Waals surface area contributed by atoms with Gasteiger partial charge in [-0.2, -0.15) is 0 Å². The van der Waals surface area contributed by atoms with E-state index in [1.807, 2.05) is 20.2 Å². The molecule has 3 aromatic rings. The average Bonchev–Trinajstić information content (AvgIpc) is 3.03. The van der Waals surface area contributed by atoms with Crippen LogP contribution in [0.3, 0.4) is 0 Å². The lowest BCUT2D eigenvalue weighted by Gasteiger charge is -2.13. The number of halogens is 1. The summed E-state index contributed by atoms with van der Waals surface area (Å²) in [7, 11) is 4.04. The Balaban J connectivity index is 1.81. The Morgan fingerprint density at radius 3 is 2.48 bits per heavy atom. The highest BCUT2D eigenvalue weighted by Crippen LogP contribution is 2.27. The third-order valence-corrected chi connectivity index (χ3v) is 4.97. The van der Waals surface area contributed by atoms with Crippen LogP contribution in [0, 0.1) is 5.82 Å². The second-order valence-corrected chi connectivity index (χ2v) is 6.85. The number of aromatic nitrogens is 3. The van der Waals surface area contributed by atoms with Crippen molar-refractivity contribution in [3.8, 4) is 11.4 Å². The van der Waals surface area contributed by atoms with Gasteiger partial charge in [-0.15, -0.1) is 10.2 Å². The fourth-order valence-corrected chi connectivity index (χ4v) is 3.52. The molecule has 0 saturated carbocycles. The number of thioether (sulfide) groups is 1. The van der Waals surface area contributed by atoms with E-state index >= 15 is 0 Å². The van der Waals surface area contributed by atoms with Gasteiger partial charge in [-0.05, 0) is 48.9 Å². The first-order valence-corrected chi connectivity index (χ1v) is 9.15. The molecular formula is C19H21FN4S. The fourth-order valence-electron chi connectivity index (χ4n) is 2.58. The van der Waals surface area contributed by atoms with Gasteiger partial charge in [-0.25, -0.2) is 4.39 Å². The third kappa shape index (κ3) is 4.02. The number of rotatable bonds is 6. The molecule has 25 heavy (non-hydrogen) atoms. The lowest BCUT2D eigenvalue weighted by atomic mass is 10.2. The van der Waals surface area contributed by atoms with Crippen molar-refractivity contribution in [2.75, 3.05) is 19.0 Å². The normalized spacial score (nSPS) is 10.9. The molecule has 0 fully saturated rings. The van der Waals surface area contributed by atoms with E-state index in [4.69, 9.17) is 0 Å². The second kappa shape index (κ2) is 7.70. The van der Waals surface area contributed by atoms with Crippen molar-refractivity contribution >= 4 is 17.4 Å². The molecule has 130 valence electrons. The molecule has 0 atom stereocenters. The van der Waals surface area contributed by atoms with Gasteiger partial charge < -0.3 is 9.47 Å². The van der Waals surface area contributed by atoms with Crippen molar-refractivity contribution in [3.05, 3.63) is 59.9 Å². The van der Waals surface area contributed by atoms with E-state index in [0.29, 0.717) is 5.75 Å². The highest BCUT2D eigenvalue weighted by atomic mass is 32.2. The average molecular weight is 356 g/mol. The van der Waals surface area contributed by atoms with Gasteiger partial charge in [0.05, 0.1) is 0 Å². The van der Waals surface area contributed by atoms with Crippen LogP contribution >= 0.6 is 11.8 Å². The van der Waals surface area contributed by atoms with Crippen molar-refractivity contribution in [1.82, 2.24) is 14.8 Å². The zero-order valence-corrected chi connectivity index (χ0v) is 15.4. The molecule has 0 radical (unpaired) electrons. The third-order valence-electron chi connectivity index (χ3n) is 3.93. The number of nitrogens with zero attached hydrogens (tertiary/aromatic N) is 4. The standard InChI is InChI=1S/C19H21FN4S/c1-4-24-18(15-8-10-17(11-9-15)23(2)3)21-22-19(24)25-13-14-6-5-7-16(20)12-14/h5-12H,4,13H2,1-3H3. The maximum Gasteiger partial charge on any atom is 0.191 e. The molecule has 1 aromatic heterocycles. The van der Waals surface area contributed by atoms with Gasteiger partial charge >= 0.3 is 0 Å². The van der Waals surface area contributed by atoms with Crippen LogP contribution in [0.5, 0.6) is 0 Å². The molecule has 0 aliphatic carbocycles. The highest BCUT2D eigenvalue weighted by Gasteiger charge is 2.13. The molecule has 0 amide bonds. The summed E-state index contributed by atoms with van der Waals surface area (Å²) in [6.07, 6.45) is 0. The maximum atomic E-state index is 13.3. The van der Waals surface area contributed by atoms with Crippen molar-refractivity contribution in [3.63, 3.8) is 0 Å². The van der Waals surface area contributed by atoms with Crippen molar-refractivity contribution in [2.45, 2.75) is 24.4 Å². The Hall–Kier alpha value is -2.34. The molecule has 0 saturated heterocycles. The summed E-state index contributed by atoms with van der Waals surface area (Å²) in [5.41, 5.74) is 3.12. The molecule has 4 nitrogen and oxygen atoms in total. The Morgan fingerprint density at radius 1 is 1.08 bits per heavy atom. The Kier molecular flexibility index (Phi) is 5.38. The molecule has 0 aliphatic rings. The topological polar surface area (TPSA) is 34.0 Å². The number of hydrogen-bond donors (Lipinski definition) is 0. The number of anilines is 1. The van der Waals surface area contributed by atoms with E-state index in [2.05, 4.69) is 50.9 Å². The summed E-state index contributed by atoms with van der Waals surface area (Å²) in [4.78, 5) is 2.06. The van der Waals surface area contributed by atoms with Gasteiger partial charge in [0, 0.05) is 37.6 Å². The van der Waals surface area contributed by atoms with Crippen LogP contribution in [0.4, 0.5) is 10.1 Å². The quantitative estimate of drug-likeness (QED) is 0.611. The minimum absolute atomic E-state index is 0.211. The predicted octanol–water partition coefficient (Wildman–Crippen LogP) is 4.46. The highest BCUT2D eigenvalue weighted by molar-refractivity contribution is 7.98. The zero-order valence-electron chi connectivity index (χ0n) is 14.6. The summed E-state index contributed by atoms with van der Waals surface area (Å²) < 4.78 is 15.4. The molecule has 6 heteroatoms. The summed E-state index contributed by atoms with van der Waals surface area (Å²) in [5.74, 6) is 1.31. The van der Waals surface area contributed by atoms with Crippen LogP contribution in [-0.4, -0.2) is 28.9 Å². The van der Waals surface area contributed by atoms with E-state index in [0.717, 1.165) is 34.3 Å². The summed E-state index contributed by atoms with van der Waals surface area (Å²) in [6.45, 7) is 2.86. The van der Waals surface area contributed by atoms with Crippen LogP contribution in [0.25, 0.3) is 11.4 Å². The summed E-state index contributed by atoms with van der Waals surface area (Å²) >= 11 is 1.57. The first-order chi connectivity index (χ1) is 12.1. The lowest BCUT2D eigenvalue weighted by molar-refractivity contribution is 0.626. The molecule has 0 spiro atoms. The van der Waals surface area contributed by atoms with E-state index in [1.54, 1.807) is 23.9 Å². The largest absolute Gasteiger partial charge is 0.378 e. The second-order valence-electron chi connectivity index (χ2n) is 5.91. The van der Waals surface area contributed by atoms with E-state index in [9.17, 15) is 4.39 Å². The van der Waals surface area contributed by atoms with Crippen LogP contribution in [0.15, 0.2) is 53.7 Å². The molecule has 0 N–H and O–H groups in total. The van der Waals surface area contributed by atoms with Gasteiger partial charge in [0.1, 0.15) is 5.82 Å². The molecule has 0 bridgehead atoms. The lowest BCUT2D eigenvalue weighted by Crippen LogP contribution is -2.08. The minimum atomic E-state index is -0.211. The Labute approximate surface area is 151 Å². The Morgan fingerprint density at radius 2 is 1.84 bits per heavy atom. The van der Waals surface area contributed by atoms with Gasteiger partial charge in [-0.1, -0.05) is 23.9 Å². The van der Waals surface area contributed by atoms with E-state index < -0.39 is 0 Å². The van der Waals surface area contributed by atoms with Gasteiger partial charge in [-0.3, -0.25) is 0 Å². The minimum Gasteiger partial charge on any atom is -0.378 e. The summed E-state index contributed by atoms with van der Waals surface area (Å²) in [6, 6.07) is 14.9. The van der Waals surface area contributed by atoms with E-state index in [-0.39, 0.29) is 5.82 Å². The first kappa shape index (κ1) is 17.5. The monoisotopic (exact) mass is 356 g/mol. The SMILES string of the molecule is CCn1c(SCc2cccc(F)c2)nnc1-c1ccc(N(C)C)cc1. The molecule has 1 heterocycles. The van der Waals surface area contributed by atoms with Gasteiger partial charge in [0.2, 0.25) is 0 Å². The predicted molar refractivity (Wildman–Crippen MR) is 101 cm³/mol. The molecule has 3 rings (SSSR count). The molecule has 0 aliphatic heterocycles. The van der Waals surface area contributed by atoms with Crippen LogP contribution in [0.1, 0.15) is 12.5 Å². The molecular weight excluding hydrogens is 335 g/mol. The zero-order chi connectivity index (χ0) is 17.8. The maximum absolute atomic E-state index is 13.3. The smallest absolute Gasteiger partial charge is 0.191 e. The van der Waals surface area contributed by atoms with Crippen molar-refractivity contribution in [1.29, 1.82) is 0 Å². The van der Waals surface area contributed by atoms with Crippen molar-refractivity contribution < 1.29 is 4.39 Å². The van der Waals surface area contributed by atoms with E-state index in [1.165, 1.54) is 6.07 Å². The van der Waals surface area contributed by atoms with Crippen LogP contribution in [-0.2, 0) is 12.3 Å². The summed E-state index contributed by atoms with van der Waals surface area (Å²) in [5, 5.41) is 9.54.